The fourth-order valence-electron chi connectivity index (χ4n) is 3.58. The van der Waals surface area contributed by atoms with Crippen LogP contribution in [0.3, 0.4) is 0 Å². The van der Waals surface area contributed by atoms with Crippen LogP contribution in [0.1, 0.15) is 21.5 Å². The largest absolute Gasteiger partial charge is 0.494 e. The first-order valence-electron chi connectivity index (χ1n) is 10.3. The number of ether oxygens (including phenoxy) is 1. The second-order valence-electron chi connectivity index (χ2n) is 7.43. The van der Waals surface area contributed by atoms with Crippen LogP contribution in [0.25, 0.3) is 0 Å². The van der Waals surface area contributed by atoms with E-state index in [0.717, 1.165) is 16.0 Å². The number of fused-ring (bicyclic) bond motifs is 1. The zero-order valence-electron chi connectivity index (χ0n) is 17.8. The third kappa shape index (κ3) is 5.15. The standard InChI is InChI=1S/C24H24N4O4S/c25-24(26)27-16-7-5-15(6-8-16)23(31)32-17-9-11-18(12-10-17)33-14-13-28-21(29)19-3-1-2-4-20(19)22(28)30/h1-2,5-12,29-30H,3-4,13-14H2,(H4,25,26,27). The molecule has 8 nitrogen and oxygen atoms in total. The molecule has 1 aromatic heterocycles. The number of hydrogen-bond donors (Lipinski definition) is 4. The number of esters is 1. The molecule has 6 N–H and O–H groups in total. The zero-order valence-corrected chi connectivity index (χ0v) is 18.6. The summed E-state index contributed by atoms with van der Waals surface area (Å²) < 4.78 is 6.97. The molecule has 0 fully saturated rings. The van der Waals surface area contributed by atoms with Crippen molar-refractivity contribution in [2.45, 2.75) is 24.3 Å². The van der Waals surface area contributed by atoms with Gasteiger partial charge in [-0.2, -0.15) is 0 Å². The summed E-state index contributed by atoms with van der Waals surface area (Å²) >= 11 is 1.58. The number of thioether (sulfide) groups is 1. The third-order valence-corrected chi connectivity index (χ3v) is 6.20. The Morgan fingerprint density at radius 2 is 1.58 bits per heavy atom. The third-order valence-electron chi connectivity index (χ3n) is 5.21. The Morgan fingerprint density at radius 3 is 2.15 bits per heavy atom. The first kappa shape index (κ1) is 22.3. The van der Waals surface area contributed by atoms with E-state index in [4.69, 9.17) is 16.2 Å². The Balaban J connectivity index is 1.31. The molecule has 0 bridgehead atoms. The monoisotopic (exact) mass is 464 g/mol. The number of allylic oxidation sites excluding steroid dienone is 2. The van der Waals surface area contributed by atoms with Gasteiger partial charge in [0.25, 0.3) is 0 Å². The topological polar surface area (TPSA) is 136 Å². The van der Waals surface area contributed by atoms with E-state index in [9.17, 15) is 15.0 Å². The number of carbonyl (C=O) groups excluding carboxylic acids is 1. The van der Waals surface area contributed by atoms with Gasteiger partial charge in [-0.15, -0.1) is 11.8 Å². The highest BCUT2D eigenvalue weighted by atomic mass is 32.2. The predicted molar refractivity (Wildman–Crippen MR) is 128 cm³/mol. The maximum Gasteiger partial charge on any atom is 0.343 e. The van der Waals surface area contributed by atoms with Gasteiger partial charge >= 0.3 is 5.97 Å². The van der Waals surface area contributed by atoms with Crippen LogP contribution in [-0.4, -0.2) is 32.5 Å². The molecule has 170 valence electrons. The maximum absolute atomic E-state index is 12.3. The first-order valence-corrected chi connectivity index (χ1v) is 11.3. The van der Waals surface area contributed by atoms with E-state index in [1.165, 1.54) is 0 Å². The molecule has 0 unspecified atom stereocenters. The number of aromatic nitrogens is 1. The number of nitrogens with zero attached hydrogens (tertiary/aromatic N) is 2. The normalized spacial score (nSPS) is 12.2. The summed E-state index contributed by atoms with van der Waals surface area (Å²) in [6.07, 6.45) is 5.26. The summed E-state index contributed by atoms with van der Waals surface area (Å²) in [5.41, 5.74) is 13.2. The zero-order chi connectivity index (χ0) is 23.4. The molecule has 1 aliphatic rings. The Kier molecular flexibility index (Phi) is 6.60. The van der Waals surface area contributed by atoms with Crippen molar-refractivity contribution in [3.8, 4) is 17.5 Å². The van der Waals surface area contributed by atoms with Crippen molar-refractivity contribution in [2.24, 2.45) is 16.5 Å². The lowest BCUT2D eigenvalue weighted by atomic mass is 10.0. The molecule has 0 spiro atoms. The van der Waals surface area contributed by atoms with E-state index < -0.39 is 5.97 Å². The minimum absolute atomic E-state index is 0.0540. The summed E-state index contributed by atoms with van der Waals surface area (Å²) in [7, 11) is 0. The molecule has 2 aromatic carbocycles. The van der Waals surface area contributed by atoms with Crippen molar-refractivity contribution in [3.63, 3.8) is 0 Å². The number of nitrogens with two attached hydrogens (primary N) is 2. The molecule has 9 heteroatoms. The van der Waals surface area contributed by atoms with E-state index in [-0.39, 0.29) is 17.7 Å². The second kappa shape index (κ2) is 9.74. The van der Waals surface area contributed by atoms with Crippen molar-refractivity contribution in [2.75, 3.05) is 5.75 Å². The van der Waals surface area contributed by atoms with Gasteiger partial charge in [0.15, 0.2) is 17.7 Å². The molecule has 1 heterocycles. The SMILES string of the molecule is NC(N)=Nc1ccc(C(=O)Oc2ccc(SCCn3c(O)c4c(c3O)CC=CC4)cc2)cc1. The van der Waals surface area contributed by atoms with Gasteiger partial charge in [-0.1, -0.05) is 12.2 Å². The van der Waals surface area contributed by atoms with Crippen molar-refractivity contribution in [3.05, 3.63) is 77.4 Å². The van der Waals surface area contributed by atoms with Crippen LogP contribution in [0.4, 0.5) is 5.69 Å². The summed E-state index contributed by atoms with van der Waals surface area (Å²) in [4.78, 5) is 17.2. The maximum atomic E-state index is 12.3. The molecule has 0 saturated heterocycles. The van der Waals surface area contributed by atoms with E-state index in [2.05, 4.69) is 4.99 Å². The predicted octanol–water partition coefficient (Wildman–Crippen LogP) is 3.47. The Morgan fingerprint density at radius 1 is 0.970 bits per heavy atom. The average molecular weight is 465 g/mol. The summed E-state index contributed by atoms with van der Waals surface area (Å²) in [6, 6.07) is 13.6. The number of rotatable bonds is 7. The van der Waals surface area contributed by atoms with Crippen LogP contribution < -0.4 is 16.2 Å². The Hall–Kier alpha value is -3.85. The lowest BCUT2D eigenvalue weighted by Gasteiger charge is -2.08. The van der Waals surface area contributed by atoms with Gasteiger partial charge in [0, 0.05) is 28.3 Å². The van der Waals surface area contributed by atoms with Crippen LogP contribution in [0.5, 0.6) is 17.5 Å². The van der Waals surface area contributed by atoms with Gasteiger partial charge in [0.2, 0.25) is 0 Å². The Labute approximate surface area is 195 Å². The number of aromatic hydroxyl groups is 2. The first-order chi connectivity index (χ1) is 15.9. The number of aliphatic imine (C=N–C) groups is 1. The molecule has 3 aromatic rings. The van der Waals surface area contributed by atoms with Gasteiger partial charge in [-0.25, -0.2) is 9.79 Å². The summed E-state index contributed by atoms with van der Waals surface area (Å²) in [5, 5.41) is 20.8. The Bertz CT molecular complexity index is 1180. The second-order valence-corrected chi connectivity index (χ2v) is 8.60. The molecule has 4 rings (SSSR count). The van der Waals surface area contributed by atoms with Gasteiger partial charge in [0.05, 0.1) is 11.3 Å². The van der Waals surface area contributed by atoms with Crippen LogP contribution in [-0.2, 0) is 19.4 Å². The minimum Gasteiger partial charge on any atom is -0.494 e. The van der Waals surface area contributed by atoms with Gasteiger partial charge in [0.1, 0.15) is 5.75 Å². The van der Waals surface area contributed by atoms with Crippen molar-refractivity contribution in [1.29, 1.82) is 0 Å². The summed E-state index contributed by atoms with van der Waals surface area (Å²) in [5.74, 6) is 0.828. The van der Waals surface area contributed by atoms with E-state index in [1.807, 2.05) is 24.3 Å². The summed E-state index contributed by atoms with van der Waals surface area (Å²) in [6.45, 7) is 0.474. The number of guanidine groups is 1. The highest BCUT2D eigenvalue weighted by Crippen LogP contribution is 2.37. The molecule has 0 amide bonds. The number of carbonyl (C=O) groups is 1. The van der Waals surface area contributed by atoms with Crippen LogP contribution in [0.2, 0.25) is 0 Å². The fraction of sp³-hybridized carbons (Fsp3) is 0.167. The fourth-order valence-corrected chi connectivity index (χ4v) is 4.42. The molecule has 0 atom stereocenters. The molecule has 33 heavy (non-hydrogen) atoms. The van der Waals surface area contributed by atoms with E-state index in [1.54, 1.807) is 52.7 Å². The molecule has 0 radical (unpaired) electrons. The van der Waals surface area contributed by atoms with E-state index >= 15 is 0 Å². The van der Waals surface area contributed by atoms with Crippen molar-refractivity contribution >= 4 is 29.4 Å². The van der Waals surface area contributed by atoms with Crippen molar-refractivity contribution in [1.82, 2.24) is 4.57 Å². The van der Waals surface area contributed by atoms with E-state index in [0.29, 0.717) is 42.1 Å². The lowest BCUT2D eigenvalue weighted by molar-refractivity contribution is 0.0734. The molecule has 0 aliphatic heterocycles. The van der Waals surface area contributed by atoms with Crippen LogP contribution in [0, 0.1) is 0 Å². The average Bonchev–Trinajstić information content (AvgIpc) is 3.05. The highest BCUT2D eigenvalue weighted by Gasteiger charge is 2.22. The lowest BCUT2D eigenvalue weighted by Crippen LogP contribution is -2.21. The van der Waals surface area contributed by atoms with Gasteiger partial charge in [-0.3, -0.25) is 4.57 Å². The van der Waals surface area contributed by atoms with Crippen molar-refractivity contribution < 1.29 is 19.7 Å². The highest BCUT2D eigenvalue weighted by molar-refractivity contribution is 7.99. The minimum atomic E-state index is -0.483. The smallest absolute Gasteiger partial charge is 0.343 e. The van der Waals surface area contributed by atoms with Crippen LogP contribution >= 0.6 is 11.8 Å². The van der Waals surface area contributed by atoms with Gasteiger partial charge < -0.3 is 26.4 Å². The quantitative estimate of drug-likeness (QED) is 0.105. The number of benzene rings is 2. The molecular weight excluding hydrogens is 440 g/mol. The number of hydrogen-bond acceptors (Lipinski definition) is 6. The molecule has 0 saturated carbocycles. The molecular formula is C24H24N4O4S. The van der Waals surface area contributed by atoms with Crippen LogP contribution in [0.15, 0.2) is 70.6 Å². The van der Waals surface area contributed by atoms with Gasteiger partial charge in [-0.05, 0) is 61.4 Å². The molecule has 1 aliphatic carbocycles.